The minimum Gasteiger partial charge on any atom is -0.293 e. The Balaban J connectivity index is 1.70. The second-order valence-electron chi connectivity index (χ2n) is 8.13. The fraction of sp³-hybridized carbons (Fsp3) is 0.0370. The predicted octanol–water partition coefficient (Wildman–Crippen LogP) is 6.81. The average Bonchev–Trinajstić information content (AvgIpc) is 3.18. The van der Waals surface area contributed by atoms with Crippen LogP contribution < -0.4 is 4.90 Å². The Hall–Kier alpha value is -5.18. The van der Waals surface area contributed by atoms with Gasteiger partial charge in [-0.3, -0.25) is 25.1 Å². The monoisotopic (exact) mass is 477 g/mol. The fourth-order valence-electron chi connectivity index (χ4n) is 3.93. The Morgan fingerprint density at radius 3 is 1.75 bits per heavy atom. The van der Waals surface area contributed by atoms with Crippen molar-refractivity contribution in [1.82, 2.24) is 0 Å². The van der Waals surface area contributed by atoms with Crippen molar-refractivity contribution < 1.29 is 9.85 Å². The number of anilines is 2. The van der Waals surface area contributed by atoms with Crippen molar-refractivity contribution >= 4 is 45.7 Å². The maximum Gasteiger partial charge on any atom is 0.269 e. The predicted molar refractivity (Wildman–Crippen MR) is 139 cm³/mol. The molecule has 1 heterocycles. The molecule has 4 aromatic carbocycles. The van der Waals surface area contributed by atoms with Gasteiger partial charge >= 0.3 is 0 Å². The number of hydrogen-bond donors (Lipinski definition) is 0. The maximum absolute atomic E-state index is 11.1. The normalized spacial score (nSPS) is 14.8. The summed E-state index contributed by atoms with van der Waals surface area (Å²) in [4.78, 5) is 32.9. The number of amidine groups is 1. The van der Waals surface area contributed by atoms with Gasteiger partial charge in [0, 0.05) is 35.5 Å². The number of nitro benzene ring substituents is 2. The highest BCUT2D eigenvalue weighted by atomic mass is 16.6. The zero-order chi connectivity index (χ0) is 25.2. The molecule has 4 aromatic rings. The molecule has 9 heteroatoms. The first-order valence-corrected chi connectivity index (χ1v) is 11.0. The van der Waals surface area contributed by atoms with Crippen LogP contribution in [0.15, 0.2) is 107 Å². The van der Waals surface area contributed by atoms with E-state index in [1.807, 2.05) is 60.4 Å². The summed E-state index contributed by atoms with van der Waals surface area (Å²) >= 11 is 0. The molecule has 0 N–H and O–H groups in total. The van der Waals surface area contributed by atoms with Crippen LogP contribution >= 0.6 is 0 Å². The first-order chi connectivity index (χ1) is 17.4. The van der Waals surface area contributed by atoms with Gasteiger partial charge in [-0.1, -0.05) is 35.9 Å². The molecule has 1 aliphatic rings. The molecule has 36 heavy (non-hydrogen) atoms. The minimum atomic E-state index is -0.456. The molecule has 5 rings (SSSR count). The van der Waals surface area contributed by atoms with Crippen LogP contribution in [0.25, 0.3) is 0 Å². The SMILES string of the molecule is Cc1ccc(N2C(=Nc3ccc([N+](=O)[O-])cc3)C(=Nc3ccc([N+](=O)[O-])cc3)c3ccccc32)cc1. The van der Waals surface area contributed by atoms with Crippen LogP contribution in [0.1, 0.15) is 11.1 Å². The van der Waals surface area contributed by atoms with E-state index in [0.717, 1.165) is 22.5 Å². The number of fused-ring (bicyclic) bond motifs is 1. The number of nitro groups is 2. The first-order valence-electron chi connectivity index (χ1n) is 11.0. The van der Waals surface area contributed by atoms with Gasteiger partial charge in [0.2, 0.25) is 0 Å². The van der Waals surface area contributed by atoms with Crippen molar-refractivity contribution in [2.45, 2.75) is 6.92 Å². The summed E-state index contributed by atoms with van der Waals surface area (Å²) in [5.74, 6) is 0.534. The lowest BCUT2D eigenvalue weighted by atomic mass is 10.1. The molecular weight excluding hydrogens is 458 g/mol. The summed E-state index contributed by atoms with van der Waals surface area (Å²) < 4.78 is 0. The molecule has 1 aliphatic heterocycles. The summed E-state index contributed by atoms with van der Waals surface area (Å²) in [7, 11) is 0. The topological polar surface area (TPSA) is 114 Å². The molecule has 0 amide bonds. The quantitative estimate of drug-likeness (QED) is 0.231. The van der Waals surface area contributed by atoms with Gasteiger partial charge in [0.25, 0.3) is 11.4 Å². The zero-order valence-electron chi connectivity index (χ0n) is 19.1. The molecule has 9 nitrogen and oxygen atoms in total. The molecule has 0 spiro atoms. The lowest BCUT2D eigenvalue weighted by Crippen LogP contribution is -2.25. The van der Waals surface area contributed by atoms with Gasteiger partial charge in [0.1, 0.15) is 5.71 Å². The van der Waals surface area contributed by atoms with Crippen molar-refractivity contribution in [3.05, 3.63) is 128 Å². The molecule has 0 bridgehead atoms. The van der Waals surface area contributed by atoms with Crippen LogP contribution in [0, 0.1) is 27.2 Å². The van der Waals surface area contributed by atoms with E-state index in [1.54, 1.807) is 24.3 Å². The van der Waals surface area contributed by atoms with E-state index in [4.69, 9.17) is 9.98 Å². The maximum atomic E-state index is 11.1. The molecule has 176 valence electrons. The van der Waals surface area contributed by atoms with Crippen LogP contribution in [0.3, 0.4) is 0 Å². The lowest BCUT2D eigenvalue weighted by Gasteiger charge is -2.20. The van der Waals surface area contributed by atoms with Gasteiger partial charge in [-0.2, -0.15) is 0 Å². The van der Waals surface area contributed by atoms with E-state index in [9.17, 15) is 20.2 Å². The first kappa shape index (κ1) is 22.6. The van der Waals surface area contributed by atoms with Crippen LogP contribution in [-0.2, 0) is 0 Å². The molecule has 0 saturated carbocycles. The smallest absolute Gasteiger partial charge is 0.269 e. The Morgan fingerprint density at radius 2 is 1.19 bits per heavy atom. The Labute approximate surface area is 206 Å². The van der Waals surface area contributed by atoms with E-state index < -0.39 is 9.85 Å². The third kappa shape index (κ3) is 4.32. The van der Waals surface area contributed by atoms with Crippen LogP contribution in [0.5, 0.6) is 0 Å². The highest BCUT2D eigenvalue weighted by Gasteiger charge is 2.33. The average molecular weight is 477 g/mol. The van der Waals surface area contributed by atoms with E-state index in [-0.39, 0.29) is 11.4 Å². The number of aliphatic imine (C=N–C) groups is 2. The molecule has 0 unspecified atom stereocenters. The third-order valence-corrected chi connectivity index (χ3v) is 5.71. The number of non-ortho nitro benzene ring substituents is 2. The summed E-state index contributed by atoms with van der Waals surface area (Å²) in [5.41, 5.74) is 5.31. The Kier molecular flexibility index (Phi) is 5.79. The summed E-state index contributed by atoms with van der Waals surface area (Å²) in [5, 5.41) is 22.2. The Morgan fingerprint density at radius 1 is 0.667 bits per heavy atom. The summed E-state index contributed by atoms with van der Waals surface area (Å²) in [6, 6.07) is 27.7. The lowest BCUT2D eigenvalue weighted by molar-refractivity contribution is -0.385. The largest absolute Gasteiger partial charge is 0.293 e. The molecular formula is C27H19N5O4. The standard InChI is InChI=1S/C27H19N5O4/c1-18-6-12-21(13-7-18)30-25-5-3-2-4-24(25)26(28-19-8-14-22(15-9-19)31(33)34)27(30)29-20-10-16-23(17-11-20)32(35)36/h2-17H,1H3. The summed E-state index contributed by atoms with van der Waals surface area (Å²) in [6.45, 7) is 2.01. The second-order valence-corrected chi connectivity index (χ2v) is 8.13. The molecule has 0 fully saturated rings. The van der Waals surface area contributed by atoms with Crippen molar-refractivity contribution in [3.8, 4) is 0 Å². The van der Waals surface area contributed by atoms with E-state index in [2.05, 4.69) is 0 Å². The van der Waals surface area contributed by atoms with Crippen molar-refractivity contribution in [2.75, 3.05) is 4.90 Å². The summed E-state index contributed by atoms with van der Waals surface area (Å²) in [6.07, 6.45) is 0. The van der Waals surface area contributed by atoms with Crippen molar-refractivity contribution in [2.24, 2.45) is 9.98 Å². The van der Waals surface area contributed by atoms with Gasteiger partial charge < -0.3 is 0 Å². The minimum absolute atomic E-state index is 0.0215. The van der Waals surface area contributed by atoms with Gasteiger partial charge in [0.15, 0.2) is 5.84 Å². The number of para-hydroxylation sites is 1. The van der Waals surface area contributed by atoms with Crippen molar-refractivity contribution in [3.63, 3.8) is 0 Å². The Bertz CT molecular complexity index is 1530. The van der Waals surface area contributed by atoms with E-state index in [1.165, 1.54) is 24.3 Å². The molecule has 0 atom stereocenters. The molecule has 0 radical (unpaired) electrons. The highest BCUT2D eigenvalue weighted by Crippen LogP contribution is 2.38. The van der Waals surface area contributed by atoms with Crippen LogP contribution in [0.2, 0.25) is 0 Å². The second kappa shape index (κ2) is 9.22. The van der Waals surface area contributed by atoms with Gasteiger partial charge in [-0.05, 0) is 49.4 Å². The fourth-order valence-corrected chi connectivity index (χ4v) is 3.93. The van der Waals surface area contributed by atoms with Crippen molar-refractivity contribution in [1.29, 1.82) is 0 Å². The number of hydrogen-bond acceptors (Lipinski definition) is 6. The number of rotatable bonds is 5. The van der Waals surface area contributed by atoms with Crippen LogP contribution in [-0.4, -0.2) is 21.4 Å². The number of benzene rings is 4. The zero-order valence-corrected chi connectivity index (χ0v) is 19.1. The molecule has 0 aliphatic carbocycles. The number of nitrogens with zero attached hydrogens (tertiary/aromatic N) is 5. The number of aryl methyl sites for hydroxylation is 1. The van der Waals surface area contributed by atoms with Gasteiger partial charge in [0.05, 0.1) is 26.9 Å². The van der Waals surface area contributed by atoms with Gasteiger partial charge in [-0.15, -0.1) is 0 Å². The van der Waals surface area contributed by atoms with E-state index >= 15 is 0 Å². The highest BCUT2D eigenvalue weighted by molar-refractivity contribution is 6.58. The third-order valence-electron chi connectivity index (χ3n) is 5.71. The van der Waals surface area contributed by atoms with Gasteiger partial charge in [-0.25, -0.2) is 9.98 Å². The molecule has 0 saturated heterocycles. The van der Waals surface area contributed by atoms with Crippen LogP contribution in [0.4, 0.5) is 34.1 Å². The molecule has 0 aromatic heterocycles. The van der Waals surface area contributed by atoms with E-state index in [0.29, 0.717) is 22.9 Å².